The van der Waals surface area contributed by atoms with Gasteiger partial charge in [0.05, 0.1) is 29.4 Å². The van der Waals surface area contributed by atoms with E-state index in [4.69, 9.17) is 19.9 Å². The van der Waals surface area contributed by atoms with Crippen LogP contribution in [-0.4, -0.2) is 23.8 Å². The maximum absolute atomic E-state index is 11.8. The molecule has 3 aromatic rings. The van der Waals surface area contributed by atoms with Gasteiger partial charge in [-0.05, 0) is 42.8 Å². The monoisotopic (exact) mass is 404 g/mol. The third-order valence-electron chi connectivity index (χ3n) is 4.90. The highest BCUT2D eigenvalue weighted by molar-refractivity contribution is 5.89. The van der Waals surface area contributed by atoms with Gasteiger partial charge in [0, 0.05) is 11.1 Å². The van der Waals surface area contributed by atoms with Crippen molar-refractivity contribution < 1.29 is 19.1 Å². The molecule has 0 aliphatic carbocycles. The highest BCUT2D eigenvalue weighted by atomic mass is 16.7. The van der Waals surface area contributed by atoms with Gasteiger partial charge in [-0.2, -0.15) is 5.26 Å². The largest absolute Gasteiger partial charge is 0.497 e. The zero-order chi connectivity index (χ0) is 21.4. The Kier molecular flexibility index (Phi) is 4.60. The molecule has 0 unspecified atom stereocenters. The fourth-order valence-electron chi connectivity index (χ4n) is 3.46. The summed E-state index contributed by atoms with van der Waals surface area (Å²) in [6, 6.07) is 12.0. The van der Waals surface area contributed by atoms with Crippen molar-refractivity contribution in [1.29, 1.82) is 5.26 Å². The molecule has 0 radical (unpaired) electrons. The fourth-order valence-corrected chi connectivity index (χ4v) is 3.46. The van der Waals surface area contributed by atoms with Crippen molar-refractivity contribution in [2.24, 2.45) is 0 Å². The Hall–Kier alpha value is -4.32. The van der Waals surface area contributed by atoms with E-state index in [2.05, 4.69) is 4.98 Å². The molecule has 30 heavy (non-hydrogen) atoms. The lowest BCUT2D eigenvalue weighted by Crippen LogP contribution is -2.04. The van der Waals surface area contributed by atoms with Gasteiger partial charge >= 0.3 is 0 Å². The minimum absolute atomic E-state index is 0.0177. The third kappa shape index (κ3) is 3.00. The smallest absolute Gasteiger partial charge is 0.281 e. The number of nitriles is 1. The highest BCUT2D eigenvalue weighted by Crippen LogP contribution is 2.46. The van der Waals surface area contributed by atoms with Crippen LogP contribution in [0.25, 0.3) is 22.4 Å². The number of hydrogen-bond acceptors (Lipinski definition) is 8. The number of methoxy groups -OCH3 is 1. The number of ether oxygens (including phenoxy) is 3. The molecular formula is C21H16N4O5. The Balaban J connectivity index is 2.02. The number of rotatable bonds is 4. The maximum atomic E-state index is 11.8. The summed E-state index contributed by atoms with van der Waals surface area (Å²) < 4.78 is 15.8. The molecule has 0 saturated heterocycles. The number of benzene rings is 2. The molecule has 2 N–H and O–H groups in total. The van der Waals surface area contributed by atoms with Crippen LogP contribution in [0.2, 0.25) is 0 Å². The molecule has 1 aliphatic heterocycles. The van der Waals surface area contributed by atoms with Gasteiger partial charge in [-0.1, -0.05) is 0 Å². The Bertz CT molecular complexity index is 1220. The maximum Gasteiger partial charge on any atom is 0.281 e. The number of hydrogen-bond donors (Lipinski definition) is 1. The standard InChI is InChI=1S/C21H16N4O5/c1-11-19(14-7-17-18(30-10-29-17)8-16(14)25(26)27)15(9-22)21(23)24-20(11)12-3-5-13(28-2)6-4-12/h3-8H,10H2,1-2H3,(H2,23,24). The average molecular weight is 404 g/mol. The summed E-state index contributed by atoms with van der Waals surface area (Å²) in [4.78, 5) is 15.6. The predicted molar refractivity (Wildman–Crippen MR) is 108 cm³/mol. The average Bonchev–Trinajstić information content (AvgIpc) is 3.21. The predicted octanol–water partition coefficient (Wildman–Crippen LogP) is 3.82. The molecule has 0 fully saturated rings. The van der Waals surface area contributed by atoms with Crippen LogP contribution in [0.15, 0.2) is 36.4 Å². The zero-order valence-corrected chi connectivity index (χ0v) is 16.1. The van der Waals surface area contributed by atoms with E-state index >= 15 is 0 Å². The van der Waals surface area contributed by atoms with Crippen molar-refractivity contribution in [1.82, 2.24) is 4.98 Å². The first-order chi connectivity index (χ1) is 14.4. The molecule has 0 saturated carbocycles. The summed E-state index contributed by atoms with van der Waals surface area (Å²) >= 11 is 0. The molecule has 0 atom stereocenters. The zero-order valence-electron chi connectivity index (χ0n) is 16.1. The van der Waals surface area contributed by atoms with Crippen LogP contribution in [0.1, 0.15) is 11.1 Å². The molecule has 0 bridgehead atoms. The Labute approximate surface area is 171 Å². The lowest BCUT2D eigenvalue weighted by molar-refractivity contribution is -0.384. The normalized spacial score (nSPS) is 11.8. The first-order valence-electron chi connectivity index (χ1n) is 8.87. The Morgan fingerprint density at radius 2 is 1.90 bits per heavy atom. The third-order valence-corrected chi connectivity index (χ3v) is 4.90. The van der Waals surface area contributed by atoms with Gasteiger partial charge in [-0.3, -0.25) is 10.1 Å². The van der Waals surface area contributed by atoms with E-state index < -0.39 is 4.92 Å². The van der Waals surface area contributed by atoms with Crippen LogP contribution < -0.4 is 19.9 Å². The summed E-state index contributed by atoms with van der Waals surface area (Å²) in [6.07, 6.45) is 0. The van der Waals surface area contributed by atoms with Gasteiger partial charge in [0.1, 0.15) is 23.2 Å². The molecule has 4 rings (SSSR count). The molecule has 2 heterocycles. The van der Waals surface area contributed by atoms with Crippen molar-refractivity contribution in [3.8, 4) is 45.7 Å². The number of fused-ring (bicyclic) bond motifs is 1. The lowest BCUT2D eigenvalue weighted by atomic mass is 9.91. The number of nitrogens with zero attached hydrogens (tertiary/aromatic N) is 3. The SMILES string of the molecule is COc1ccc(-c2nc(N)c(C#N)c(-c3cc4c(cc3[N+](=O)[O-])OCO4)c2C)cc1. The summed E-state index contributed by atoms with van der Waals surface area (Å²) in [5, 5.41) is 21.5. The summed E-state index contributed by atoms with van der Waals surface area (Å²) in [7, 11) is 1.56. The highest BCUT2D eigenvalue weighted by Gasteiger charge is 2.29. The van der Waals surface area contributed by atoms with Crippen LogP contribution in [0.4, 0.5) is 11.5 Å². The van der Waals surface area contributed by atoms with Crippen LogP contribution in [-0.2, 0) is 0 Å². The van der Waals surface area contributed by atoms with E-state index in [1.165, 1.54) is 12.1 Å². The van der Waals surface area contributed by atoms with Crippen molar-refractivity contribution >= 4 is 11.5 Å². The van der Waals surface area contributed by atoms with E-state index in [9.17, 15) is 15.4 Å². The van der Waals surface area contributed by atoms with Gasteiger partial charge in [-0.15, -0.1) is 0 Å². The number of nitrogens with two attached hydrogens (primary N) is 1. The second-order valence-electron chi connectivity index (χ2n) is 6.54. The van der Waals surface area contributed by atoms with Gasteiger partial charge < -0.3 is 19.9 Å². The quantitative estimate of drug-likeness (QED) is 0.512. The van der Waals surface area contributed by atoms with Gasteiger partial charge in [0.25, 0.3) is 5.69 Å². The van der Waals surface area contributed by atoms with E-state index in [0.29, 0.717) is 28.3 Å². The lowest BCUT2D eigenvalue weighted by Gasteiger charge is -2.16. The molecule has 0 spiro atoms. The van der Waals surface area contributed by atoms with Gasteiger partial charge in [0.15, 0.2) is 11.5 Å². The van der Waals surface area contributed by atoms with Crippen molar-refractivity contribution in [3.63, 3.8) is 0 Å². The molecule has 2 aromatic carbocycles. The number of nitro groups is 1. The number of aromatic nitrogens is 1. The number of nitro benzene ring substituents is 1. The fraction of sp³-hybridized carbons (Fsp3) is 0.143. The molecule has 1 aromatic heterocycles. The molecule has 9 nitrogen and oxygen atoms in total. The number of nitrogen functional groups attached to an aromatic ring is 1. The van der Waals surface area contributed by atoms with Gasteiger partial charge in [0.2, 0.25) is 6.79 Å². The van der Waals surface area contributed by atoms with E-state index in [-0.39, 0.29) is 35.2 Å². The minimum atomic E-state index is -0.526. The molecule has 150 valence electrons. The Morgan fingerprint density at radius 1 is 1.23 bits per heavy atom. The molecular weight excluding hydrogens is 388 g/mol. The van der Waals surface area contributed by atoms with Crippen molar-refractivity contribution in [2.45, 2.75) is 6.92 Å². The van der Waals surface area contributed by atoms with Crippen LogP contribution in [0.3, 0.4) is 0 Å². The van der Waals surface area contributed by atoms with E-state index in [0.717, 1.165) is 5.56 Å². The van der Waals surface area contributed by atoms with Crippen LogP contribution in [0.5, 0.6) is 17.2 Å². The number of anilines is 1. The van der Waals surface area contributed by atoms with Crippen LogP contribution in [0, 0.1) is 28.4 Å². The molecule has 1 aliphatic rings. The summed E-state index contributed by atoms with van der Waals surface area (Å²) in [5.41, 5.74) is 8.29. The van der Waals surface area contributed by atoms with Gasteiger partial charge in [-0.25, -0.2) is 4.98 Å². The van der Waals surface area contributed by atoms with Crippen molar-refractivity contribution in [3.05, 3.63) is 57.6 Å². The molecule has 9 heteroatoms. The Morgan fingerprint density at radius 3 is 2.50 bits per heavy atom. The summed E-state index contributed by atoms with van der Waals surface area (Å²) in [6.45, 7) is 1.71. The van der Waals surface area contributed by atoms with Crippen LogP contribution >= 0.6 is 0 Å². The first kappa shape index (κ1) is 19.0. The number of pyridine rings is 1. The van der Waals surface area contributed by atoms with E-state index in [1.54, 1.807) is 38.3 Å². The first-order valence-corrected chi connectivity index (χ1v) is 8.87. The summed E-state index contributed by atoms with van der Waals surface area (Å²) in [5.74, 6) is 1.29. The second kappa shape index (κ2) is 7.25. The minimum Gasteiger partial charge on any atom is -0.497 e. The van der Waals surface area contributed by atoms with Crippen molar-refractivity contribution in [2.75, 3.05) is 19.6 Å². The molecule has 0 amide bonds. The topological polar surface area (TPSA) is 134 Å². The van der Waals surface area contributed by atoms with E-state index in [1.807, 2.05) is 6.07 Å². The second-order valence-corrected chi connectivity index (χ2v) is 6.54.